The number of aryl methyl sites for hydroxylation is 2. The van der Waals surface area contributed by atoms with Crippen LogP contribution in [0, 0.1) is 13.8 Å². The molecule has 0 saturated heterocycles. The van der Waals surface area contributed by atoms with Gasteiger partial charge in [0, 0.05) is 6.42 Å². The second kappa shape index (κ2) is 8.73. The molecule has 0 aliphatic rings. The van der Waals surface area contributed by atoms with Crippen molar-refractivity contribution in [2.45, 2.75) is 39.3 Å². The first-order chi connectivity index (χ1) is 8.92. The van der Waals surface area contributed by atoms with E-state index in [1.807, 2.05) is 19.9 Å². The summed E-state index contributed by atoms with van der Waals surface area (Å²) in [4.78, 5) is 12.4. The van der Waals surface area contributed by atoms with Crippen LogP contribution in [0.4, 0.5) is 0 Å². The molecule has 0 aliphatic carbocycles. The van der Waals surface area contributed by atoms with Crippen LogP contribution in [0.1, 0.15) is 41.3 Å². The summed E-state index contributed by atoms with van der Waals surface area (Å²) in [7, 11) is 5.89. The van der Waals surface area contributed by atoms with Gasteiger partial charge < -0.3 is 9.47 Å². The van der Waals surface area contributed by atoms with Crippen molar-refractivity contribution in [1.29, 1.82) is 0 Å². The number of hydrogen-bond donors (Lipinski definition) is 0. The molecule has 2 atom stereocenters. The molecule has 0 bridgehead atoms. The van der Waals surface area contributed by atoms with E-state index in [1.54, 1.807) is 14.2 Å². The van der Waals surface area contributed by atoms with Crippen LogP contribution in [0.2, 0.25) is 0 Å². The van der Waals surface area contributed by atoms with E-state index in [1.165, 1.54) is 0 Å². The van der Waals surface area contributed by atoms with Crippen LogP contribution in [0.25, 0.3) is 0 Å². The molecule has 0 aromatic heterocycles. The predicted molar refractivity (Wildman–Crippen MR) is 88.9 cm³/mol. The van der Waals surface area contributed by atoms with Crippen LogP contribution in [0.5, 0.6) is 11.5 Å². The summed E-state index contributed by atoms with van der Waals surface area (Å²) in [5.41, 5.74) is 2.92. The number of ether oxygens (including phenoxy) is 2. The van der Waals surface area contributed by atoms with Gasteiger partial charge in [-0.3, -0.25) is 4.79 Å². The summed E-state index contributed by atoms with van der Waals surface area (Å²) in [5, 5.41) is 0. The van der Waals surface area contributed by atoms with Gasteiger partial charge in [0.25, 0.3) is 0 Å². The molecule has 0 saturated carbocycles. The summed E-state index contributed by atoms with van der Waals surface area (Å²) in [5.74, 6) is 1.34. The van der Waals surface area contributed by atoms with Crippen LogP contribution < -0.4 is 9.47 Å². The Morgan fingerprint density at radius 3 is 2.00 bits per heavy atom. The number of ketones is 1. The minimum absolute atomic E-state index is 0. The van der Waals surface area contributed by atoms with E-state index >= 15 is 0 Å². The number of Topliss-reactive ketones (excluding diaryl/α,β-unsaturated/α-hetero) is 1. The van der Waals surface area contributed by atoms with E-state index < -0.39 is 0 Å². The summed E-state index contributed by atoms with van der Waals surface area (Å²) in [6.45, 7) is 5.97. The predicted octanol–water partition coefficient (Wildman–Crippen LogP) is 2.90. The second-order valence-corrected chi connectivity index (χ2v) is 6.03. The fourth-order valence-corrected chi connectivity index (χ4v) is 2.38. The monoisotopic (exact) mass is 290 g/mol. The van der Waals surface area contributed by atoms with E-state index in [9.17, 15) is 4.79 Å². The van der Waals surface area contributed by atoms with Gasteiger partial charge in [0.1, 0.15) is 17.1 Å². The molecule has 1 aromatic rings. The SMILES string of the molecule is COc1c(C)cc(C)c(OC)c1C(=O)CCC(C)P.[LiH]. The van der Waals surface area contributed by atoms with Crippen LogP contribution in [0.3, 0.4) is 0 Å². The molecule has 2 unspecified atom stereocenters. The van der Waals surface area contributed by atoms with Crippen LogP contribution in [-0.2, 0) is 0 Å². The van der Waals surface area contributed by atoms with Crippen molar-refractivity contribution >= 4 is 33.9 Å². The third-order valence-corrected chi connectivity index (χ3v) is 3.45. The Labute approximate surface area is 136 Å². The number of rotatable bonds is 6. The quantitative estimate of drug-likeness (QED) is 0.459. The number of methoxy groups -OCH3 is 2. The molecule has 3 nitrogen and oxygen atoms in total. The third kappa shape index (κ3) is 4.52. The summed E-state index contributed by atoms with van der Waals surface area (Å²) in [6.07, 6.45) is 1.34. The van der Waals surface area contributed by atoms with Gasteiger partial charge >= 0.3 is 18.9 Å². The van der Waals surface area contributed by atoms with Gasteiger partial charge in [-0.15, -0.1) is 9.24 Å². The summed E-state index contributed by atoms with van der Waals surface area (Å²) < 4.78 is 10.8. The molecule has 0 fully saturated rings. The van der Waals surface area contributed by atoms with Crippen molar-refractivity contribution < 1.29 is 14.3 Å². The molecular weight excluding hydrogens is 266 g/mol. The first-order valence-electron chi connectivity index (χ1n) is 6.43. The number of benzene rings is 1. The molecule has 0 spiro atoms. The van der Waals surface area contributed by atoms with Crippen LogP contribution >= 0.6 is 9.24 Å². The Morgan fingerprint density at radius 1 is 1.20 bits per heavy atom. The Kier molecular flexibility index (Phi) is 8.52. The normalized spacial score (nSPS) is 11.5. The van der Waals surface area contributed by atoms with E-state index in [-0.39, 0.29) is 24.6 Å². The molecule has 0 heterocycles. The average Bonchev–Trinajstić information content (AvgIpc) is 2.35. The van der Waals surface area contributed by atoms with Crippen molar-refractivity contribution in [3.63, 3.8) is 0 Å². The van der Waals surface area contributed by atoms with Crippen molar-refractivity contribution in [1.82, 2.24) is 0 Å². The van der Waals surface area contributed by atoms with Gasteiger partial charge in [0.2, 0.25) is 0 Å². The second-order valence-electron chi connectivity index (χ2n) is 4.89. The van der Waals surface area contributed by atoms with Crippen molar-refractivity contribution in [3.8, 4) is 11.5 Å². The molecule has 20 heavy (non-hydrogen) atoms. The van der Waals surface area contributed by atoms with Crippen molar-refractivity contribution in [3.05, 3.63) is 22.8 Å². The molecule has 1 aromatic carbocycles. The number of carbonyl (C=O) groups is 1. The number of hydrogen-bond acceptors (Lipinski definition) is 3. The standard InChI is InChI=1S/C15H23O3P.Li.H/c1-9-8-10(2)15(18-5)13(14(9)17-4)12(16)7-6-11(3)19;;/h8,11H,6-7,19H2,1-5H3;;. The topological polar surface area (TPSA) is 35.5 Å². The molecule has 108 valence electrons. The summed E-state index contributed by atoms with van der Waals surface area (Å²) >= 11 is 0. The van der Waals surface area contributed by atoms with Gasteiger partial charge in [0.15, 0.2) is 5.78 Å². The number of carbonyl (C=O) groups excluding carboxylic acids is 1. The van der Waals surface area contributed by atoms with Gasteiger partial charge in [-0.25, -0.2) is 0 Å². The van der Waals surface area contributed by atoms with Gasteiger partial charge in [-0.05, 0) is 43.1 Å². The maximum absolute atomic E-state index is 12.4. The van der Waals surface area contributed by atoms with Crippen molar-refractivity contribution in [2.75, 3.05) is 14.2 Å². The molecule has 0 radical (unpaired) electrons. The van der Waals surface area contributed by atoms with Gasteiger partial charge in [0.05, 0.1) is 14.2 Å². The van der Waals surface area contributed by atoms with E-state index in [0.717, 1.165) is 17.5 Å². The Morgan fingerprint density at radius 2 is 1.65 bits per heavy atom. The van der Waals surface area contributed by atoms with Crippen LogP contribution in [-0.4, -0.2) is 44.5 Å². The zero-order chi connectivity index (χ0) is 14.6. The van der Waals surface area contributed by atoms with Gasteiger partial charge in [-0.1, -0.05) is 6.92 Å². The molecule has 1 rings (SSSR count). The Hall–Kier alpha value is -0.483. The molecule has 0 aliphatic heterocycles. The maximum atomic E-state index is 12.4. The molecule has 0 amide bonds. The minimum atomic E-state index is 0. The van der Waals surface area contributed by atoms with E-state index in [2.05, 4.69) is 16.2 Å². The molecule has 0 N–H and O–H groups in total. The fourth-order valence-electron chi connectivity index (χ4n) is 2.22. The zero-order valence-corrected chi connectivity index (χ0v) is 13.5. The van der Waals surface area contributed by atoms with E-state index in [0.29, 0.717) is 29.1 Å². The van der Waals surface area contributed by atoms with E-state index in [4.69, 9.17) is 9.47 Å². The third-order valence-electron chi connectivity index (χ3n) is 3.12. The fraction of sp³-hybridized carbons (Fsp3) is 0.533. The zero-order valence-electron chi connectivity index (χ0n) is 12.4. The van der Waals surface area contributed by atoms with Crippen molar-refractivity contribution in [2.24, 2.45) is 0 Å². The van der Waals surface area contributed by atoms with Gasteiger partial charge in [-0.2, -0.15) is 0 Å². The molecule has 5 heteroatoms. The Balaban J connectivity index is 0.00000361. The first-order valence-corrected chi connectivity index (χ1v) is 7.10. The average molecular weight is 290 g/mol. The summed E-state index contributed by atoms with van der Waals surface area (Å²) in [6, 6.07) is 1.98. The first kappa shape index (κ1) is 19.5. The Bertz CT molecular complexity index is 444. The van der Waals surface area contributed by atoms with Crippen LogP contribution in [0.15, 0.2) is 6.07 Å². The molecular formula is C15H24LiO3P.